The normalized spacial score (nSPS) is 12.4. The van der Waals surface area contributed by atoms with Crippen LogP contribution in [0.1, 0.15) is 11.6 Å². The molecular weight excluding hydrogens is 384 g/mol. The number of aryl methyl sites for hydroxylation is 1. The maximum Gasteiger partial charge on any atom is 0.246 e. The van der Waals surface area contributed by atoms with Gasteiger partial charge in [-0.15, -0.1) is 0 Å². The van der Waals surface area contributed by atoms with Crippen molar-refractivity contribution in [1.29, 1.82) is 0 Å². The monoisotopic (exact) mass is 408 g/mol. The summed E-state index contributed by atoms with van der Waals surface area (Å²) in [6.07, 6.45) is 1.77. The number of nitrogens with zero attached hydrogens (tertiary/aromatic N) is 3. The number of carbonyl (C=O) groups is 1. The molecule has 9 nitrogen and oxygen atoms in total. The summed E-state index contributed by atoms with van der Waals surface area (Å²) in [5, 5.41) is 16.6. The standard InChI is InChI=1S/C21H24N6O3/c1-22-21-18-19(27(2)11-23-18)14-8-15(25-20(14)26-21)12-5-4-6-13(7-12)16(9-28)24-17(29)10-30-3/h4-8,11,16,28H,9-10H2,1-3H3,(H,24,29)(H2,22,25,26)/t16-/m0/s1. The van der Waals surface area contributed by atoms with Crippen molar-refractivity contribution < 1.29 is 14.6 Å². The molecule has 0 saturated carbocycles. The molecule has 3 heterocycles. The van der Waals surface area contributed by atoms with Crippen LogP contribution in [0.4, 0.5) is 5.82 Å². The summed E-state index contributed by atoms with van der Waals surface area (Å²) >= 11 is 0. The first-order chi connectivity index (χ1) is 14.5. The van der Waals surface area contributed by atoms with Crippen molar-refractivity contribution in [3.8, 4) is 11.3 Å². The van der Waals surface area contributed by atoms with Gasteiger partial charge in [0.2, 0.25) is 5.91 Å². The number of carbonyl (C=O) groups excluding carboxylic acids is 1. The largest absolute Gasteiger partial charge is 0.394 e. The van der Waals surface area contributed by atoms with Gasteiger partial charge in [-0.25, -0.2) is 9.97 Å². The second-order valence-electron chi connectivity index (χ2n) is 7.07. The molecule has 0 aliphatic rings. The molecule has 156 valence electrons. The molecule has 3 aromatic heterocycles. The van der Waals surface area contributed by atoms with Gasteiger partial charge in [0.15, 0.2) is 5.82 Å². The highest BCUT2D eigenvalue weighted by atomic mass is 16.5. The summed E-state index contributed by atoms with van der Waals surface area (Å²) in [5.41, 5.74) is 5.16. The number of anilines is 1. The predicted molar refractivity (Wildman–Crippen MR) is 115 cm³/mol. The zero-order valence-electron chi connectivity index (χ0n) is 17.1. The molecular formula is C21H24N6O3. The van der Waals surface area contributed by atoms with Crippen molar-refractivity contribution >= 4 is 33.8 Å². The van der Waals surface area contributed by atoms with E-state index in [-0.39, 0.29) is 19.1 Å². The zero-order chi connectivity index (χ0) is 21.3. The number of aromatic amines is 1. The number of hydrogen-bond donors (Lipinski definition) is 4. The maximum absolute atomic E-state index is 11.9. The second kappa shape index (κ2) is 8.13. The third-order valence-electron chi connectivity index (χ3n) is 5.07. The molecule has 4 rings (SSSR count). The molecule has 0 unspecified atom stereocenters. The van der Waals surface area contributed by atoms with Crippen LogP contribution in [-0.4, -0.2) is 57.9 Å². The van der Waals surface area contributed by atoms with Crippen LogP contribution in [0.25, 0.3) is 33.3 Å². The Morgan fingerprint density at radius 1 is 1.37 bits per heavy atom. The topological polar surface area (TPSA) is 117 Å². The SMILES string of the molecule is CNc1nc2[nH]c(-c3cccc([C@H](CO)NC(=O)COC)c3)cc2c2c1ncn2C. The van der Waals surface area contributed by atoms with Gasteiger partial charge in [-0.3, -0.25) is 4.79 Å². The number of imidazole rings is 1. The van der Waals surface area contributed by atoms with E-state index in [4.69, 9.17) is 4.74 Å². The third-order valence-corrected chi connectivity index (χ3v) is 5.07. The van der Waals surface area contributed by atoms with Gasteiger partial charge in [-0.1, -0.05) is 18.2 Å². The fourth-order valence-corrected chi connectivity index (χ4v) is 3.65. The van der Waals surface area contributed by atoms with Crippen molar-refractivity contribution in [2.24, 2.45) is 7.05 Å². The lowest BCUT2D eigenvalue weighted by Gasteiger charge is -2.17. The van der Waals surface area contributed by atoms with Crippen molar-refractivity contribution in [3.63, 3.8) is 0 Å². The number of ether oxygens (including phenoxy) is 1. The van der Waals surface area contributed by atoms with E-state index in [2.05, 4.69) is 25.6 Å². The lowest BCUT2D eigenvalue weighted by molar-refractivity contribution is -0.125. The molecule has 1 atom stereocenters. The predicted octanol–water partition coefficient (Wildman–Crippen LogP) is 1.95. The molecule has 0 aliphatic heterocycles. The fraction of sp³-hybridized carbons (Fsp3) is 0.286. The van der Waals surface area contributed by atoms with Gasteiger partial charge in [0, 0.05) is 32.3 Å². The highest BCUT2D eigenvalue weighted by Gasteiger charge is 2.17. The minimum atomic E-state index is -0.519. The van der Waals surface area contributed by atoms with E-state index in [0.29, 0.717) is 5.82 Å². The number of amides is 1. The number of pyridine rings is 1. The van der Waals surface area contributed by atoms with Crippen LogP contribution >= 0.6 is 0 Å². The lowest BCUT2D eigenvalue weighted by atomic mass is 10.0. The number of rotatable bonds is 7. The quantitative estimate of drug-likeness (QED) is 0.371. The molecule has 0 spiro atoms. The number of aliphatic hydroxyl groups excluding tert-OH is 1. The summed E-state index contributed by atoms with van der Waals surface area (Å²) in [7, 11) is 5.23. The van der Waals surface area contributed by atoms with Crippen molar-refractivity contribution in [2.75, 3.05) is 32.7 Å². The molecule has 0 fully saturated rings. The van der Waals surface area contributed by atoms with Crippen LogP contribution in [0.2, 0.25) is 0 Å². The summed E-state index contributed by atoms with van der Waals surface area (Å²) in [6.45, 7) is -0.271. The van der Waals surface area contributed by atoms with Gasteiger partial charge in [0.05, 0.1) is 24.5 Å². The molecule has 1 aromatic carbocycles. The Labute approximate surface area is 173 Å². The minimum Gasteiger partial charge on any atom is -0.394 e. The van der Waals surface area contributed by atoms with Crippen molar-refractivity contribution in [1.82, 2.24) is 24.8 Å². The molecule has 9 heteroatoms. The third kappa shape index (κ3) is 3.49. The molecule has 1 amide bonds. The van der Waals surface area contributed by atoms with Gasteiger partial charge in [0.1, 0.15) is 17.8 Å². The lowest BCUT2D eigenvalue weighted by Crippen LogP contribution is -2.33. The van der Waals surface area contributed by atoms with E-state index < -0.39 is 6.04 Å². The second-order valence-corrected chi connectivity index (χ2v) is 7.07. The molecule has 0 saturated heterocycles. The van der Waals surface area contributed by atoms with Gasteiger partial charge >= 0.3 is 0 Å². The zero-order valence-corrected chi connectivity index (χ0v) is 17.1. The Bertz CT molecular complexity index is 1210. The average Bonchev–Trinajstić information content (AvgIpc) is 3.35. The number of benzene rings is 1. The summed E-state index contributed by atoms with van der Waals surface area (Å²) < 4.78 is 6.82. The minimum absolute atomic E-state index is 0.0572. The summed E-state index contributed by atoms with van der Waals surface area (Å²) in [5.74, 6) is 0.427. The summed E-state index contributed by atoms with van der Waals surface area (Å²) in [4.78, 5) is 24.4. The number of aromatic nitrogens is 4. The van der Waals surface area contributed by atoms with Crippen LogP contribution in [0.3, 0.4) is 0 Å². The Kier molecular flexibility index (Phi) is 5.39. The Morgan fingerprint density at radius 2 is 2.20 bits per heavy atom. The van der Waals surface area contributed by atoms with Crippen LogP contribution < -0.4 is 10.6 Å². The van der Waals surface area contributed by atoms with E-state index in [0.717, 1.165) is 38.9 Å². The Hall–Kier alpha value is -3.43. The van der Waals surface area contributed by atoms with Gasteiger partial charge < -0.3 is 30.0 Å². The highest BCUT2D eigenvalue weighted by molar-refractivity contribution is 6.07. The number of H-pyrrole nitrogens is 1. The highest BCUT2D eigenvalue weighted by Crippen LogP contribution is 2.32. The van der Waals surface area contributed by atoms with Crippen LogP contribution in [-0.2, 0) is 16.6 Å². The first-order valence-electron chi connectivity index (χ1n) is 9.56. The molecule has 0 radical (unpaired) electrons. The summed E-state index contributed by atoms with van der Waals surface area (Å²) in [6, 6.07) is 9.21. The average molecular weight is 408 g/mol. The van der Waals surface area contributed by atoms with Crippen LogP contribution in [0.5, 0.6) is 0 Å². The Balaban J connectivity index is 1.76. The van der Waals surface area contributed by atoms with Crippen LogP contribution in [0.15, 0.2) is 36.7 Å². The molecule has 0 aliphatic carbocycles. The molecule has 4 aromatic rings. The maximum atomic E-state index is 11.9. The molecule has 30 heavy (non-hydrogen) atoms. The van der Waals surface area contributed by atoms with Gasteiger partial charge in [0.25, 0.3) is 0 Å². The number of hydrogen-bond acceptors (Lipinski definition) is 6. The number of aliphatic hydroxyl groups is 1. The van der Waals surface area contributed by atoms with Gasteiger partial charge in [-0.2, -0.15) is 0 Å². The number of nitrogens with one attached hydrogen (secondary N) is 3. The number of fused-ring (bicyclic) bond motifs is 3. The van der Waals surface area contributed by atoms with E-state index in [1.54, 1.807) is 6.33 Å². The smallest absolute Gasteiger partial charge is 0.246 e. The first kappa shape index (κ1) is 19.9. The van der Waals surface area contributed by atoms with E-state index >= 15 is 0 Å². The van der Waals surface area contributed by atoms with Crippen LogP contribution in [0, 0.1) is 0 Å². The first-order valence-corrected chi connectivity index (χ1v) is 9.56. The van der Waals surface area contributed by atoms with Crippen molar-refractivity contribution in [2.45, 2.75) is 6.04 Å². The number of methoxy groups -OCH3 is 1. The Morgan fingerprint density at radius 3 is 2.93 bits per heavy atom. The van der Waals surface area contributed by atoms with E-state index in [9.17, 15) is 9.90 Å². The molecule has 4 N–H and O–H groups in total. The van der Waals surface area contributed by atoms with Gasteiger partial charge in [-0.05, 0) is 23.3 Å². The van der Waals surface area contributed by atoms with E-state index in [1.165, 1.54) is 7.11 Å². The van der Waals surface area contributed by atoms with E-state index in [1.807, 2.05) is 49.0 Å². The molecule has 0 bridgehead atoms. The fourth-order valence-electron chi connectivity index (χ4n) is 3.65. The van der Waals surface area contributed by atoms with Crippen molar-refractivity contribution in [3.05, 3.63) is 42.2 Å².